The number of ketones is 1. The smallest absolute Gasteiger partial charge is 0.261 e. The van der Waals surface area contributed by atoms with Gasteiger partial charge in [-0.05, 0) is 41.3 Å². The lowest BCUT2D eigenvalue weighted by Gasteiger charge is -2.19. The fraction of sp³-hybridized carbons (Fsp3) is 0.182. The van der Waals surface area contributed by atoms with Crippen molar-refractivity contribution in [3.63, 3.8) is 0 Å². The van der Waals surface area contributed by atoms with Gasteiger partial charge in [0.2, 0.25) is 0 Å². The Morgan fingerprint density at radius 1 is 1.10 bits per heavy atom. The Kier molecular flexibility index (Phi) is 3.61. The number of carbonyl (C=O) groups excluding carboxylic acids is 1. The Morgan fingerprint density at radius 3 is 2.27 bits per heavy atom. The van der Waals surface area contributed by atoms with Gasteiger partial charge in [0.1, 0.15) is 2.74 Å². The summed E-state index contributed by atoms with van der Waals surface area (Å²) < 4.78 is 92.9. The number of aromatic nitrogens is 1. The Labute approximate surface area is 192 Å². The van der Waals surface area contributed by atoms with E-state index in [1.54, 1.807) is 20.8 Å². The molecule has 1 heterocycles. The van der Waals surface area contributed by atoms with Crippen molar-refractivity contribution < 1.29 is 28.9 Å². The number of hydrogen-bond acceptors (Lipinski definition) is 4. The summed E-state index contributed by atoms with van der Waals surface area (Å²) in [7, 11) is -4.86. The summed E-state index contributed by atoms with van der Waals surface area (Å²) in [5.74, 6) is -1.19. The van der Waals surface area contributed by atoms with Gasteiger partial charge in [-0.15, -0.1) is 0 Å². The molecule has 0 amide bonds. The lowest BCUT2D eigenvalue weighted by atomic mass is 9.87. The zero-order valence-electron chi connectivity index (χ0n) is 24.1. The zero-order valence-corrected chi connectivity index (χ0v) is 17.7. The van der Waals surface area contributed by atoms with E-state index in [-0.39, 0.29) is 15.3 Å². The van der Waals surface area contributed by atoms with Gasteiger partial charge in [0.05, 0.1) is 18.8 Å². The highest BCUT2D eigenvalue weighted by molar-refractivity contribution is 7.92. The van der Waals surface area contributed by atoms with Gasteiger partial charge >= 0.3 is 0 Å². The molecular formula is C22H21ClN2O4S. The van der Waals surface area contributed by atoms with Gasteiger partial charge in [-0.1, -0.05) is 44.5 Å². The number of anilines is 1. The normalized spacial score (nSPS) is 15.6. The first-order valence-electron chi connectivity index (χ1n) is 12.5. The van der Waals surface area contributed by atoms with Gasteiger partial charge in [-0.25, -0.2) is 8.42 Å². The highest BCUT2D eigenvalue weighted by atomic mass is 35.5. The maximum Gasteiger partial charge on any atom is 0.261 e. The molecule has 0 aliphatic heterocycles. The van der Waals surface area contributed by atoms with Crippen molar-refractivity contribution in [3.8, 4) is 0 Å². The van der Waals surface area contributed by atoms with Crippen molar-refractivity contribution in [2.45, 2.75) is 31.1 Å². The molecule has 0 aliphatic rings. The number of nitrogens with zero attached hydrogens (tertiary/aromatic N) is 1. The molecule has 2 aromatic carbocycles. The lowest BCUT2D eigenvalue weighted by Crippen LogP contribution is -2.24. The second-order valence-electron chi connectivity index (χ2n) is 7.22. The van der Waals surface area contributed by atoms with E-state index in [0.717, 1.165) is 12.1 Å². The van der Waals surface area contributed by atoms with Crippen LogP contribution in [0.1, 0.15) is 53.2 Å². The summed E-state index contributed by atoms with van der Waals surface area (Å²) in [5, 5.41) is 11.7. The van der Waals surface area contributed by atoms with E-state index in [2.05, 4.69) is 4.72 Å². The molecule has 8 heteroatoms. The second kappa shape index (κ2) is 8.08. The number of carbonyl (C=O) groups is 1. The zero-order chi connectivity index (χ0) is 29.1. The van der Waals surface area contributed by atoms with Gasteiger partial charge in [-0.3, -0.25) is 9.52 Å². The van der Waals surface area contributed by atoms with Crippen LogP contribution >= 0.6 is 11.6 Å². The van der Waals surface area contributed by atoms with Crippen LogP contribution in [-0.2, 0) is 15.4 Å². The summed E-state index contributed by atoms with van der Waals surface area (Å²) in [6, 6.07) is -1.39. The molecule has 30 heavy (non-hydrogen) atoms. The second-order valence-corrected chi connectivity index (χ2v) is 9.28. The van der Waals surface area contributed by atoms with E-state index in [1.807, 2.05) is 0 Å². The third-order valence-electron chi connectivity index (χ3n) is 3.88. The minimum atomic E-state index is -4.86. The molecule has 156 valence electrons. The van der Waals surface area contributed by atoms with E-state index >= 15 is 0 Å². The van der Waals surface area contributed by atoms with Crippen LogP contribution in [0.25, 0.3) is 0 Å². The first kappa shape index (κ1) is 13.4. The molecule has 0 saturated heterocycles. The number of sulfonamides is 1. The lowest BCUT2D eigenvalue weighted by molar-refractivity contribution is -0.605. The summed E-state index contributed by atoms with van der Waals surface area (Å²) in [6.45, 7) is 4.95. The average molecular weight is 453 g/mol. The van der Waals surface area contributed by atoms with E-state index in [1.165, 1.54) is 6.07 Å². The number of rotatable bonds is 5. The van der Waals surface area contributed by atoms with Crippen LogP contribution in [0.15, 0.2) is 71.7 Å². The average Bonchev–Trinajstić information content (AvgIpc) is 2.80. The molecule has 1 aromatic heterocycles. The van der Waals surface area contributed by atoms with Gasteiger partial charge in [0, 0.05) is 28.2 Å². The van der Waals surface area contributed by atoms with Crippen molar-refractivity contribution in [2.75, 3.05) is 4.72 Å². The maximum absolute atomic E-state index is 13.4. The largest absolute Gasteiger partial charge is 0.619 e. The Hall–Kier alpha value is -2.90. The van der Waals surface area contributed by atoms with Crippen LogP contribution in [0.4, 0.5) is 5.69 Å². The van der Waals surface area contributed by atoms with Crippen molar-refractivity contribution >= 4 is 33.1 Å². The minimum absolute atomic E-state index is 0.0110. The predicted molar refractivity (Wildman–Crippen MR) is 116 cm³/mol. The number of hydrogen-bond donors (Lipinski definition) is 1. The van der Waals surface area contributed by atoms with Gasteiger partial charge < -0.3 is 5.21 Å². The molecule has 0 aliphatic carbocycles. The van der Waals surface area contributed by atoms with Crippen molar-refractivity contribution in [1.29, 1.82) is 0 Å². The summed E-state index contributed by atoms with van der Waals surface area (Å²) in [4.78, 5) is 12.4. The molecular weight excluding hydrogens is 424 g/mol. The molecule has 0 unspecified atom stereocenters. The van der Waals surface area contributed by atoms with Crippen molar-refractivity contribution in [2.24, 2.45) is 0 Å². The number of benzene rings is 2. The van der Waals surface area contributed by atoms with Crippen LogP contribution < -0.4 is 9.45 Å². The summed E-state index contributed by atoms with van der Waals surface area (Å²) in [5.41, 5.74) is -2.59. The Bertz CT molecular complexity index is 1570. The maximum atomic E-state index is 13.4. The molecule has 0 atom stereocenters. The summed E-state index contributed by atoms with van der Waals surface area (Å²) in [6.07, 6.45) is -2.14. The molecule has 0 fully saturated rings. The first-order valence-corrected chi connectivity index (χ1v) is 10.4. The van der Waals surface area contributed by atoms with Crippen LogP contribution in [0, 0.1) is 5.21 Å². The highest BCUT2D eigenvalue weighted by Crippen LogP contribution is 2.27. The number of pyridine rings is 1. The van der Waals surface area contributed by atoms with Crippen LogP contribution in [0.5, 0.6) is 0 Å². The fourth-order valence-corrected chi connectivity index (χ4v) is 3.43. The SMILES string of the molecule is [2H]c1c([2H])c(S(=O)(=O)Nc2ccc(Cl)cc2C(=O)c2c([2H])c([2H])[n+]([O-])c([2H])c2[2H])c([2H])c([2H])c1C(C)(C)C. The molecule has 3 aromatic rings. The van der Waals surface area contributed by atoms with Gasteiger partial charge in [0.25, 0.3) is 10.0 Å². The van der Waals surface area contributed by atoms with Crippen LogP contribution in [0.2, 0.25) is 5.02 Å². The fourth-order valence-electron chi connectivity index (χ4n) is 2.32. The van der Waals surface area contributed by atoms with Crippen molar-refractivity contribution in [1.82, 2.24) is 0 Å². The third-order valence-corrected chi connectivity index (χ3v) is 5.35. The van der Waals surface area contributed by atoms with E-state index in [0.29, 0.717) is 0 Å². The molecule has 0 saturated carbocycles. The Balaban J connectivity index is 2.23. The molecule has 3 rings (SSSR count). The first-order chi connectivity index (χ1) is 17.3. The topological polar surface area (TPSA) is 90.2 Å². The monoisotopic (exact) mass is 452 g/mol. The quantitative estimate of drug-likeness (QED) is 0.355. The molecule has 6 nitrogen and oxygen atoms in total. The Morgan fingerprint density at radius 2 is 1.70 bits per heavy atom. The van der Waals surface area contributed by atoms with Crippen LogP contribution in [0.3, 0.4) is 0 Å². The van der Waals surface area contributed by atoms with Gasteiger partial charge in [-0.2, -0.15) is 4.73 Å². The van der Waals surface area contributed by atoms with Crippen LogP contribution in [-0.4, -0.2) is 14.2 Å². The van der Waals surface area contributed by atoms with E-state index < -0.39 is 91.5 Å². The molecule has 0 spiro atoms. The number of nitrogens with one attached hydrogen (secondary N) is 1. The van der Waals surface area contributed by atoms with E-state index in [4.69, 9.17) is 22.6 Å². The number of halogens is 1. The molecule has 0 bridgehead atoms. The summed E-state index contributed by atoms with van der Waals surface area (Å²) >= 11 is 6.00. The van der Waals surface area contributed by atoms with Gasteiger partial charge in [0.15, 0.2) is 18.1 Å². The van der Waals surface area contributed by atoms with Crippen molar-refractivity contribution in [3.05, 3.63) is 93.7 Å². The standard InChI is InChI=1S/C22H21ClN2O4S/c1-22(2,3)16-4-7-18(8-5-16)30(28,29)24-20-9-6-17(23)14-19(20)21(26)15-10-12-25(27)13-11-15/h4-14,24H,1-3H3/i4D,5D,7D,8D,10D,11D,12D,13D. The molecule has 1 N–H and O–H groups in total. The molecule has 0 radical (unpaired) electrons. The highest BCUT2D eigenvalue weighted by Gasteiger charge is 2.21. The predicted octanol–water partition coefficient (Wildman–Crippen LogP) is 4.30. The van der Waals surface area contributed by atoms with E-state index in [9.17, 15) is 18.4 Å². The third kappa shape index (κ3) is 4.80. The minimum Gasteiger partial charge on any atom is -0.619 e.